The van der Waals surface area contributed by atoms with Crippen LogP contribution < -0.4 is 0 Å². The first-order valence-corrected chi connectivity index (χ1v) is 10.1. The van der Waals surface area contributed by atoms with Gasteiger partial charge in [0.2, 0.25) is 0 Å². The lowest BCUT2D eigenvalue weighted by atomic mass is 10.2. The second-order valence-corrected chi connectivity index (χ2v) is 9.75. The van der Waals surface area contributed by atoms with Crippen LogP contribution in [0.15, 0.2) is 58.3 Å². The molecule has 0 amide bonds. The highest BCUT2D eigenvalue weighted by Gasteiger charge is 2.38. The standard InChI is InChI=1S/C14H8ClF6NO4S2/c15-22(27(23,24)11-5-1-9(2-6-11)13(16,17)18)28(25,26)12-7-3-10(4-8-12)14(19,20)21/h1-8H. The fraction of sp³-hybridized carbons (Fsp3) is 0.143. The molecule has 154 valence electrons. The predicted octanol–water partition coefficient (Wildman–Crippen LogP) is 4.26. The summed E-state index contributed by atoms with van der Waals surface area (Å²) in [7, 11) is -10.0. The second-order valence-electron chi connectivity index (χ2n) is 5.21. The molecule has 0 atom stereocenters. The van der Waals surface area contributed by atoms with Crippen LogP contribution >= 0.6 is 11.8 Å². The maximum atomic E-state index is 12.5. The van der Waals surface area contributed by atoms with Crippen molar-refractivity contribution in [3.8, 4) is 0 Å². The summed E-state index contributed by atoms with van der Waals surface area (Å²) >= 11 is 5.41. The first-order valence-electron chi connectivity index (χ1n) is 6.89. The van der Waals surface area contributed by atoms with Gasteiger partial charge in [-0.25, -0.2) is 16.8 Å². The van der Waals surface area contributed by atoms with E-state index in [0.29, 0.717) is 48.5 Å². The molecule has 14 heteroatoms. The van der Waals surface area contributed by atoms with Crippen molar-refractivity contribution in [3.63, 3.8) is 0 Å². The number of nitrogens with zero attached hydrogens (tertiary/aromatic N) is 1. The largest absolute Gasteiger partial charge is 0.416 e. The van der Waals surface area contributed by atoms with Crippen LogP contribution in [0.4, 0.5) is 26.3 Å². The Morgan fingerprint density at radius 2 is 0.857 bits per heavy atom. The molecule has 0 N–H and O–H groups in total. The number of alkyl halides is 6. The van der Waals surface area contributed by atoms with Crippen molar-refractivity contribution < 1.29 is 43.2 Å². The first-order chi connectivity index (χ1) is 12.6. The Morgan fingerprint density at radius 3 is 1.07 bits per heavy atom. The third kappa shape index (κ3) is 4.42. The highest BCUT2D eigenvalue weighted by Crippen LogP contribution is 2.33. The van der Waals surface area contributed by atoms with E-state index in [9.17, 15) is 43.2 Å². The van der Waals surface area contributed by atoms with E-state index in [0.717, 1.165) is 0 Å². The quantitative estimate of drug-likeness (QED) is 0.497. The number of rotatable bonds is 4. The van der Waals surface area contributed by atoms with Gasteiger partial charge in [-0.15, -0.1) is 0 Å². The molecule has 0 heterocycles. The molecule has 0 bridgehead atoms. The van der Waals surface area contributed by atoms with Crippen LogP contribution in [0.2, 0.25) is 0 Å². The van der Waals surface area contributed by atoms with Crippen molar-refractivity contribution in [2.75, 3.05) is 0 Å². The monoisotopic (exact) mass is 467 g/mol. The molecule has 0 aliphatic carbocycles. The third-order valence-corrected chi connectivity index (χ3v) is 8.10. The van der Waals surface area contributed by atoms with Crippen LogP contribution in [0.1, 0.15) is 11.1 Å². The first kappa shape index (κ1) is 22.5. The van der Waals surface area contributed by atoms with Gasteiger partial charge in [0.15, 0.2) is 0 Å². The van der Waals surface area contributed by atoms with Gasteiger partial charge in [0.05, 0.1) is 20.9 Å². The van der Waals surface area contributed by atoms with E-state index in [-0.39, 0.29) is 0 Å². The van der Waals surface area contributed by atoms with Gasteiger partial charge in [-0.05, 0) is 48.5 Å². The van der Waals surface area contributed by atoms with Crippen molar-refractivity contribution in [1.82, 2.24) is 3.23 Å². The average Bonchev–Trinajstić information content (AvgIpc) is 2.59. The fourth-order valence-corrected chi connectivity index (χ4v) is 5.25. The van der Waals surface area contributed by atoms with Crippen LogP contribution in [-0.4, -0.2) is 20.1 Å². The van der Waals surface area contributed by atoms with Gasteiger partial charge < -0.3 is 0 Å². The topological polar surface area (TPSA) is 71.5 Å². The molecule has 5 nitrogen and oxygen atoms in total. The Labute approximate surface area is 160 Å². The van der Waals surface area contributed by atoms with Crippen LogP contribution in [0, 0.1) is 0 Å². The summed E-state index contributed by atoms with van der Waals surface area (Å²) in [5.74, 6) is 0. The molecule has 2 aromatic carbocycles. The van der Waals surface area contributed by atoms with E-state index in [4.69, 9.17) is 11.8 Å². The molecule has 0 aliphatic heterocycles. The van der Waals surface area contributed by atoms with E-state index in [1.54, 1.807) is 0 Å². The average molecular weight is 468 g/mol. The van der Waals surface area contributed by atoms with Crippen molar-refractivity contribution >= 4 is 31.8 Å². The molecule has 0 spiro atoms. The number of halogens is 7. The molecular formula is C14H8ClF6NO4S2. The Balaban J connectivity index is 2.41. The SMILES string of the molecule is O=S(=O)(c1ccc(C(F)(F)F)cc1)N(Cl)S(=O)(=O)c1ccc(C(F)(F)F)cc1. The van der Waals surface area contributed by atoms with Gasteiger partial charge in [0.1, 0.15) is 0 Å². The van der Waals surface area contributed by atoms with Gasteiger partial charge in [-0.1, -0.05) is 0 Å². The van der Waals surface area contributed by atoms with Gasteiger partial charge in [0.25, 0.3) is 20.0 Å². The van der Waals surface area contributed by atoms with Gasteiger partial charge >= 0.3 is 12.4 Å². The molecule has 2 rings (SSSR count). The lowest BCUT2D eigenvalue weighted by Crippen LogP contribution is -2.29. The molecule has 2 aromatic rings. The van der Waals surface area contributed by atoms with E-state index in [1.165, 1.54) is 0 Å². The summed E-state index contributed by atoms with van der Waals surface area (Å²) in [4.78, 5) is -1.74. The molecule has 0 unspecified atom stereocenters. The van der Waals surface area contributed by atoms with E-state index in [2.05, 4.69) is 0 Å². The van der Waals surface area contributed by atoms with E-state index < -0.39 is 56.5 Å². The minimum Gasteiger partial charge on any atom is -0.205 e. The van der Waals surface area contributed by atoms with Gasteiger partial charge in [-0.2, -0.15) is 26.3 Å². The maximum absolute atomic E-state index is 12.5. The van der Waals surface area contributed by atoms with Crippen molar-refractivity contribution in [1.29, 1.82) is 0 Å². The zero-order valence-corrected chi connectivity index (χ0v) is 15.6. The zero-order chi connectivity index (χ0) is 21.5. The highest BCUT2D eigenvalue weighted by atomic mass is 35.5. The Kier molecular flexibility index (Phi) is 5.78. The summed E-state index contributed by atoms with van der Waals surface area (Å²) < 4.78 is 124. The number of benzene rings is 2. The minimum absolute atomic E-state index is 0.405. The van der Waals surface area contributed by atoms with Crippen LogP contribution in [-0.2, 0) is 32.4 Å². The molecule has 0 aliphatic rings. The molecule has 0 radical (unpaired) electrons. The summed E-state index contributed by atoms with van der Waals surface area (Å²) in [6, 6.07) is 3.60. The van der Waals surface area contributed by atoms with Crippen LogP contribution in [0.5, 0.6) is 0 Å². The molecular weight excluding hydrogens is 460 g/mol. The molecule has 28 heavy (non-hydrogen) atoms. The molecule has 0 fully saturated rings. The Morgan fingerprint density at radius 1 is 0.607 bits per heavy atom. The number of hydrogen-bond donors (Lipinski definition) is 0. The summed E-state index contributed by atoms with van der Waals surface area (Å²) in [5, 5.41) is 0. The minimum atomic E-state index is -5.02. The Bertz CT molecular complexity index is 975. The maximum Gasteiger partial charge on any atom is 0.416 e. The number of hydrogen-bond acceptors (Lipinski definition) is 4. The number of sulfonamides is 2. The van der Waals surface area contributed by atoms with Crippen LogP contribution in [0.25, 0.3) is 0 Å². The lowest BCUT2D eigenvalue weighted by Gasteiger charge is -2.16. The molecule has 0 saturated heterocycles. The summed E-state index contributed by atoms with van der Waals surface area (Å²) in [6.45, 7) is 0. The van der Waals surface area contributed by atoms with Gasteiger partial charge in [-0.3, -0.25) is 0 Å². The predicted molar refractivity (Wildman–Crippen MR) is 85.0 cm³/mol. The smallest absolute Gasteiger partial charge is 0.205 e. The molecule has 0 aromatic heterocycles. The summed E-state index contributed by atoms with van der Waals surface area (Å²) in [5.41, 5.74) is -2.36. The summed E-state index contributed by atoms with van der Waals surface area (Å²) in [6.07, 6.45) is -9.51. The van der Waals surface area contributed by atoms with Crippen LogP contribution in [0.3, 0.4) is 0 Å². The third-order valence-electron chi connectivity index (χ3n) is 3.34. The van der Waals surface area contributed by atoms with E-state index >= 15 is 0 Å². The van der Waals surface area contributed by atoms with Crippen molar-refractivity contribution in [2.24, 2.45) is 0 Å². The normalized spacial score (nSPS) is 13.7. The Hall–Kier alpha value is -1.83. The van der Waals surface area contributed by atoms with E-state index in [1.807, 2.05) is 0 Å². The van der Waals surface area contributed by atoms with Gasteiger partial charge in [0, 0.05) is 15.0 Å². The fourth-order valence-electron chi connectivity index (χ4n) is 1.93. The van der Waals surface area contributed by atoms with Crippen molar-refractivity contribution in [3.05, 3.63) is 59.7 Å². The zero-order valence-electron chi connectivity index (χ0n) is 13.2. The highest BCUT2D eigenvalue weighted by molar-refractivity contribution is 8.05. The second kappa shape index (κ2) is 7.21. The lowest BCUT2D eigenvalue weighted by molar-refractivity contribution is -0.138. The van der Waals surface area contributed by atoms with Crippen molar-refractivity contribution in [2.45, 2.75) is 22.1 Å². The molecule has 0 saturated carbocycles.